The van der Waals surface area contributed by atoms with Gasteiger partial charge >= 0.3 is 5.97 Å². The van der Waals surface area contributed by atoms with E-state index in [1.54, 1.807) is 0 Å². The number of hydrogen-bond acceptors (Lipinski definition) is 5. The Morgan fingerprint density at radius 1 is 1.50 bits per heavy atom. The van der Waals surface area contributed by atoms with Crippen LogP contribution in [0, 0.1) is 0 Å². The number of carbonyl (C=O) groups is 3. The molecule has 0 saturated carbocycles. The molecule has 102 valence electrons. The average Bonchev–Trinajstić information content (AvgIpc) is 2.70. The van der Waals surface area contributed by atoms with E-state index in [1.165, 1.54) is 11.8 Å². The second-order valence-electron chi connectivity index (χ2n) is 4.22. The Morgan fingerprint density at radius 3 is 2.61 bits per heavy atom. The van der Waals surface area contributed by atoms with Gasteiger partial charge in [-0.25, -0.2) is 0 Å². The molecule has 1 aliphatic rings. The van der Waals surface area contributed by atoms with E-state index in [1.807, 2.05) is 0 Å². The number of nitrogens with one attached hydrogen (secondary N) is 1. The minimum absolute atomic E-state index is 0.0373. The van der Waals surface area contributed by atoms with Crippen LogP contribution >= 0.6 is 0 Å². The molecular formula is C10H17N3O5. The van der Waals surface area contributed by atoms with Crippen molar-refractivity contribution in [1.82, 2.24) is 10.2 Å². The second kappa shape index (κ2) is 5.78. The Hall–Kier alpha value is -1.67. The molecule has 0 bridgehead atoms. The molecule has 1 heterocycles. The van der Waals surface area contributed by atoms with E-state index < -0.39 is 36.0 Å². The van der Waals surface area contributed by atoms with Gasteiger partial charge in [-0.1, -0.05) is 0 Å². The minimum Gasteiger partial charge on any atom is -0.480 e. The molecule has 8 nitrogen and oxygen atoms in total. The predicted octanol–water partition coefficient (Wildman–Crippen LogP) is -2.50. The summed E-state index contributed by atoms with van der Waals surface area (Å²) in [6.07, 6.45) is -0.708. The molecule has 0 radical (unpaired) electrons. The summed E-state index contributed by atoms with van der Waals surface area (Å²) < 4.78 is 0. The molecule has 0 aliphatic carbocycles. The van der Waals surface area contributed by atoms with Gasteiger partial charge in [-0.2, -0.15) is 0 Å². The van der Waals surface area contributed by atoms with Crippen molar-refractivity contribution >= 4 is 17.8 Å². The van der Waals surface area contributed by atoms with Crippen LogP contribution in [0.3, 0.4) is 0 Å². The van der Waals surface area contributed by atoms with Crippen molar-refractivity contribution in [3.05, 3.63) is 0 Å². The fraction of sp³-hybridized carbons (Fsp3) is 0.700. The van der Waals surface area contributed by atoms with Crippen molar-refractivity contribution in [3.8, 4) is 0 Å². The molecule has 0 aromatic rings. The number of carboxylic acids is 1. The van der Waals surface area contributed by atoms with E-state index in [-0.39, 0.29) is 19.5 Å². The summed E-state index contributed by atoms with van der Waals surface area (Å²) in [6, 6.07) is -1.91. The van der Waals surface area contributed by atoms with Crippen LogP contribution in [-0.2, 0) is 14.4 Å². The van der Waals surface area contributed by atoms with Crippen LogP contribution in [0.1, 0.15) is 13.3 Å². The largest absolute Gasteiger partial charge is 0.480 e. The summed E-state index contributed by atoms with van der Waals surface area (Å²) in [5, 5.41) is 20.4. The van der Waals surface area contributed by atoms with E-state index in [9.17, 15) is 19.5 Å². The lowest BCUT2D eigenvalue weighted by Crippen LogP contribution is -2.51. The minimum atomic E-state index is -1.17. The Kier molecular flexibility index (Phi) is 4.62. The van der Waals surface area contributed by atoms with Crippen molar-refractivity contribution in [2.75, 3.05) is 13.1 Å². The van der Waals surface area contributed by atoms with Crippen molar-refractivity contribution in [3.63, 3.8) is 0 Å². The second-order valence-corrected chi connectivity index (χ2v) is 4.22. The summed E-state index contributed by atoms with van der Waals surface area (Å²) >= 11 is 0. The van der Waals surface area contributed by atoms with Crippen molar-refractivity contribution in [1.29, 1.82) is 0 Å². The maximum atomic E-state index is 11.8. The fourth-order valence-electron chi connectivity index (χ4n) is 1.83. The number of β-amino-alcohol motifs (C(OH)–C–C–N with tert-alkyl or cyclic N) is 1. The quantitative estimate of drug-likeness (QED) is 0.441. The molecule has 2 amide bonds. The molecule has 1 saturated heterocycles. The number of hydrogen-bond donors (Lipinski definition) is 4. The first kappa shape index (κ1) is 14.4. The lowest BCUT2D eigenvalue weighted by molar-refractivity contribution is -0.143. The third-order valence-electron chi connectivity index (χ3n) is 2.81. The molecule has 18 heavy (non-hydrogen) atoms. The number of aliphatic hydroxyl groups is 1. The summed E-state index contributed by atoms with van der Waals surface area (Å²) in [5.74, 6) is -2.21. The summed E-state index contributed by atoms with van der Waals surface area (Å²) in [6.45, 7) is 1.10. The molecule has 3 atom stereocenters. The third kappa shape index (κ3) is 3.17. The van der Waals surface area contributed by atoms with Crippen LogP contribution in [0.15, 0.2) is 0 Å². The van der Waals surface area contributed by atoms with E-state index in [4.69, 9.17) is 10.8 Å². The first-order valence-corrected chi connectivity index (χ1v) is 5.57. The third-order valence-corrected chi connectivity index (χ3v) is 2.81. The number of rotatable bonds is 4. The van der Waals surface area contributed by atoms with Gasteiger partial charge in [0.1, 0.15) is 12.1 Å². The highest BCUT2D eigenvalue weighted by Gasteiger charge is 2.38. The Morgan fingerprint density at radius 2 is 2.11 bits per heavy atom. The standard InChI is InChI=1S/C10H17N3O5/c1-5(10(17)18)12-9(16)7-2-6(14)4-13(7)8(15)3-11/h5-7,14H,2-4,11H2,1H3,(H,12,16)(H,17,18)/t5-,6+,7-/m0/s1. The Bertz CT molecular complexity index is 359. The number of likely N-dealkylation sites (tertiary alicyclic amines) is 1. The Balaban J connectivity index is 2.70. The molecular weight excluding hydrogens is 242 g/mol. The molecule has 8 heteroatoms. The van der Waals surface area contributed by atoms with Gasteiger partial charge in [0.25, 0.3) is 0 Å². The smallest absolute Gasteiger partial charge is 0.325 e. The van der Waals surface area contributed by atoms with E-state index in [0.717, 1.165) is 0 Å². The normalized spacial score (nSPS) is 24.7. The van der Waals surface area contributed by atoms with Crippen LogP contribution in [0.2, 0.25) is 0 Å². The summed E-state index contributed by atoms with van der Waals surface area (Å²) in [4.78, 5) is 35.1. The molecule has 0 aromatic carbocycles. The Labute approximate surface area is 104 Å². The number of carboxylic acid groups (broad SMARTS) is 1. The van der Waals surface area contributed by atoms with Crippen LogP contribution < -0.4 is 11.1 Å². The van der Waals surface area contributed by atoms with E-state index in [0.29, 0.717) is 0 Å². The maximum Gasteiger partial charge on any atom is 0.325 e. The average molecular weight is 259 g/mol. The zero-order valence-corrected chi connectivity index (χ0v) is 10.00. The van der Waals surface area contributed by atoms with Crippen LogP contribution in [0.25, 0.3) is 0 Å². The topological polar surface area (TPSA) is 133 Å². The lowest BCUT2D eigenvalue weighted by atomic mass is 10.1. The van der Waals surface area contributed by atoms with Crippen LogP contribution in [0.4, 0.5) is 0 Å². The van der Waals surface area contributed by atoms with Gasteiger partial charge in [0.05, 0.1) is 12.6 Å². The highest BCUT2D eigenvalue weighted by atomic mass is 16.4. The zero-order valence-electron chi connectivity index (χ0n) is 10.00. The monoisotopic (exact) mass is 259 g/mol. The van der Waals surface area contributed by atoms with Crippen molar-refractivity contribution < 1.29 is 24.6 Å². The summed E-state index contributed by atoms with van der Waals surface area (Å²) in [5.41, 5.74) is 5.21. The molecule has 5 N–H and O–H groups in total. The molecule has 1 aliphatic heterocycles. The molecule has 0 spiro atoms. The molecule has 1 rings (SSSR count). The van der Waals surface area contributed by atoms with Gasteiger partial charge in [-0.3, -0.25) is 14.4 Å². The predicted molar refractivity (Wildman–Crippen MR) is 60.4 cm³/mol. The molecule has 1 fully saturated rings. The highest BCUT2D eigenvalue weighted by Crippen LogP contribution is 2.18. The van der Waals surface area contributed by atoms with Crippen molar-refractivity contribution in [2.24, 2.45) is 5.73 Å². The summed E-state index contributed by atoms with van der Waals surface area (Å²) in [7, 11) is 0. The first-order chi connectivity index (χ1) is 8.36. The van der Waals surface area contributed by atoms with E-state index >= 15 is 0 Å². The van der Waals surface area contributed by atoms with Gasteiger partial charge in [-0.05, 0) is 6.92 Å². The number of nitrogens with two attached hydrogens (primary N) is 1. The molecule has 0 unspecified atom stereocenters. The zero-order chi connectivity index (χ0) is 13.9. The lowest BCUT2D eigenvalue weighted by Gasteiger charge is -2.23. The van der Waals surface area contributed by atoms with Gasteiger partial charge in [0, 0.05) is 13.0 Å². The van der Waals surface area contributed by atoms with Crippen molar-refractivity contribution in [2.45, 2.75) is 31.5 Å². The van der Waals surface area contributed by atoms with E-state index in [2.05, 4.69) is 5.32 Å². The first-order valence-electron chi connectivity index (χ1n) is 5.57. The number of nitrogens with zero attached hydrogens (tertiary/aromatic N) is 1. The van der Waals surface area contributed by atoms with Crippen LogP contribution in [-0.4, -0.2) is 64.2 Å². The number of carbonyl (C=O) groups excluding carboxylic acids is 2. The van der Waals surface area contributed by atoms with Gasteiger partial charge in [0.15, 0.2) is 0 Å². The SMILES string of the molecule is C[C@H](NC(=O)[C@@H]1C[C@@H](O)CN1C(=O)CN)C(=O)O. The van der Waals surface area contributed by atoms with Gasteiger partial charge in [-0.15, -0.1) is 0 Å². The highest BCUT2D eigenvalue weighted by molar-refractivity contribution is 5.91. The maximum absolute atomic E-state index is 11.8. The number of amides is 2. The fourth-order valence-corrected chi connectivity index (χ4v) is 1.83. The number of aliphatic carboxylic acids is 1. The van der Waals surface area contributed by atoms with Gasteiger partial charge in [0.2, 0.25) is 11.8 Å². The molecule has 0 aromatic heterocycles. The number of aliphatic hydroxyl groups excluding tert-OH is 1. The van der Waals surface area contributed by atoms with Gasteiger partial charge < -0.3 is 26.2 Å². The van der Waals surface area contributed by atoms with Crippen LogP contribution in [0.5, 0.6) is 0 Å².